The largest absolute Gasteiger partial charge is 0.351 e. The highest BCUT2D eigenvalue weighted by Crippen LogP contribution is 2.36. The Balaban J connectivity index is 2.78. The molecule has 12 heavy (non-hydrogen) atoms. The van der Waals surface area contributed by atoms with Gasteiger partial charge in [0.2, 0.25) is 0 Å². The van der Waals surface area contributed by atoms with Gasteiger partial charge >= 0.3 is 0 Å². The second-order valence-electron chi connectivity index (χ2n) is 2.51. The predicted octanol–water partition coefficient (Wildman–Crippen LogP) is 1.92. The Labute approximate surface area is 71.9 Å². The molecule has 0 aliphatic carbocycles. The fourth-order valence-corrected chi connectivity index (χ4v) is 1.18. The lowest BCUT2D eigenvalue weighted by atomic mass is 10.2. The van der Waals surface area contributed by atoms with Crippen molar-refractivity contribution < 1.29 is 9.79 Å². The summed E-state index contributed by atoms with van der Waals surface area (Å²) in [5, 5.41) is 0. The molecule has 2 N–H and O–H groups in total. The second kappa shape index (κ2) is 3.72. The maximum Gasteiger partial charge on any atom is 0.134 e. The standard InChI is InChI=1S/C9H11O2P/c1-12(10,11)8-7-9-5-3-2-4-6-9/h2-8,10-11H,1H2/b8-7+. The van der Waals surface area contributed by atoms with E-state index < -0.39 is 7.34 Å². The molecule has 1 rings (SSSR count). The molecule has 0 heterocycles. The molecular weight excluding hydrogens is 171 g/mol. The zero-order valence-electron chi connectivity index (χ0n) is 6.59. The quantitative estimate of drug-likeness (QED) is 0.686. The van der Waals surface area contributed by atoms with Crippen LogP contribution < -0.4 is 0 Å². The minimum Gasteiger partial charge on any atom is -0.351 e. The summed E-state index contributed by atoms with van der Waals surface area (Å²) in [4.78, 5) is 17.9. The van der Waals surface area contributed by atoms with Crippen LogP contribution in [0.3, 0.4) is 0 Å². The summed E-state index contributed by atoms with van der Waals surface area (Å²) in [5.41, 5.74) is 0.939. The monoisotopic (exact) mass is 182 g/mol. The Hall–Kier alpha value is -0.820. The first-order valence-corrected chi connectivity index (χ1v) is 5.46. The normalized spacial score (nSPS) is 12.2. The summed E-state index contributed by atoms with van der Waals surface area (Å²) in [6, 6.07) is 9.44. The van der Waals surface area contributed by atoms with Crippen LogP contribution in [0.5, 0.6) is 0 Å². The molecule has 0 saturated heterocycles. The first-order chi connectivity index (χ1) is 5.58. The molecule has 0 aliphatic rings. The molecule has 1 aromatic rings. The zero-order valence-corrected chi connectivity index (χ0v) is 7.48. The summed E-state index contributed by atoms with van der Waals surface area (Å²) >= 11 is 0. The smallest absolute Gasteiger partial charge is 0.134 e. The highest BCUT2D eigenvalue weighted by molar-refractivity contribution is 7.65. The summed E-state index contributed by atoms with van der Waals surface area (Å²) in [6.07, 6.45) is 4.87. The van der Waals surface area contributed by atoms with E-state index in [2.05, 4.69) is 6.30 Å². The molecular formula is C9H11O2P. The summed E-state index contributed by atoms with van der Waals surface area (Å²) < 4.78 is 0. The molecule has 1 aromatic carbocycles. The van der Waals surface area contributed by atoms with E-state index in [1.165, 1.54) is 5.82 Å². The average molecular weight is 182 g/mol. The lowest BCUT2D eigenvalue weighted by molar-refractivity contribution is 0.490. The van der Waals surface area contributed by atoms with Crippen molar-refractivity contribution in [3.05, 3.63) is 41.7 Å². The first kappa shape index (κ1) is 9.27. The second-order valence-corrected chi connectivity index (χ2v) is 4.38. The van der Waals surface area contributed by atoms with Crippen LogP contribution in [0.2, 0.25) is 0 Å². The van der Waals surface area contributed by atoms with E-state index in [0.717, 1.165) is 5.56 Å². The lowest BCUT2D eigenvalue weighted by Gasteiger charge is -2.00. The van der Waals surface area contributed by atoms with Gasteiger partial charge in [-0.3, -0.25) is 0 Å². The van der Waals surface area contributed by atoms with Gasteiger partial charge in [0.05, 0.1) is 0 Å². The van der Waals surface area contributed by atoms with Gasteiger partial charge in [0.15, 0.2) is 0 Å². The van der Waals surface area contributed by atoms with Gasteiger partial charge in [-0.2, -0.15) is 0 Å². The van der Waals surface area contributed by atoms with Crippen LogP contribution in [-0.2, 0) is 0 Å². The van der Waals surface area contributed by atoms with Crippen LogP contribution in [0.1, 0.15) is 5.56 Å². The molecule has 3 heteroatoms. The minimum absolute atomic E-state index is 0.939. The van der Waals surface area contributed by atoms with Crippen molar-refractivity contribution in [2.45, 2.75) is 0 Å². The van der Waals surface area contributed by atoms with Gasteiger partial charge in [-0.25, -0.2) is 0 Å². The Bertz CT molecular complexity index is 311. The number of rotatable bonds is 2. The highest BCUT2D eigenvalue weighted by Gasteiger charge is 1.94. The molecule has 64 valence electrons. The summed E-state index contributed by atoms with van der Waals surface area (Å²) in [7, 11) is -3.01. The molecule has 0 aliphatic heterocycles. The van der Waals surface area contributed by atoms with E-state index in [9.17, 15) is 0 Å². The van der Waals surface area contributed by atoms with Crippen molar-refractivity contribution in [2.24, 2.45) is 0 Å². The predicted molar refractivity (Wildman–Crippen MR) is 54.0 cm³/mol. The van der Waals surface area contributed by atoms with Gasteiger partial charge in [0.1, 0.15) is 7.34 Å². The van der Waals surface area contributed by atoms with Crippen LogP contribution >= 0.6 is 7.34 Å². The number of hydrogen-bond acceptors (Lipinski definition) is 2. The Morgan fingerprint density at radius 1 is 1.17 bits per heavy atom. The average Bonchev–Trinajstić information content (AvgIpc) is 2.02. The van der Waals surface area contributed by atoms with E-state index in [4.69, 9.17) is 9.79 Å². The van der Waals surface area contributed by atoms with Crippen LogP contribution in [-0.4, -0.2) is 16.1 Å². The van der Waals surface area contributed by atoms with Crippen LogP contribution in [0.4, 0.5) is 0 Å². The molecule has 0 fully saturated rings. The fraction of sp³-hybridized carbons (Fsp3) is 0. The Kier molecular flexibility index (Phi) is 2.88. The van der Waals surface area contributed by atoms with E-state index in [-0.39, 0.29) is 0 Å². The van der Waals surface area contributed by atoms with E-state index in [1.807, 2.05) is 30.3 Å². The SMILES string of the molecule is C=P(O)(O)/C=C/c1ccccc1. The van der Waals surface area contributed by atoms with Crippen molar-refractivity contribution in [2.75, 3.05) is 0 Å². The third-order valence-corrected chi connectivity index (χ3v) is 1.93. The van der Waals surface area contributed by atoms with Crippen LogP contribution in [0, 0.1) is 0 Å². The van der Waals surface area contributed by atoms with E-state index in [0.29, 0.717) is 0 Å². The zero-order chi connectivity index (χ0) is 9.03. The van der Waals surface area contributed by atoms with Gasteiger partial charge in [-0.15, -0.1) is 0 Å². The van der Waals surface area contributed by atoms with Gasteiger partial charge in [-0.05, 0) is 17.7 Å². The molecule has 0 bridgehead atoms. The highest BCUT2D eigenvalue weighted by atomic mass is 31.2. The third kappa shape index (κ3) is 3.54. The molecule has 0 amide bonds. The number of benzene rings is 1. The molecule has 0 saturated carbocycles. The van der Waals surface area contributed by atoms with Crippen molar-refractivity contribution in [1.29, 1.82) is 0 Å². The maximum absolute atomic E-state index is 8.95. The van der Waals surface area contributed by atoms with Crippen molar-refractivity contribution in [1.82, 2.24) is 0 Å². The molecule has 0 unspecified atom stereocenters. The van der Waals surface area contributed by atoms with E-state index in [1.54, 1.807) is 6.08 Å². The Morgan fingerprint density at radius 2 is 1.75 bits per heavy atom. The van der Waals surface area contributed by atoms with Crippen molar-refractivity contribution in [3.63, 3.8) is 0 Å². The number of hydrogen-bond donors (Lipinski definition) is 2. The molecule has 0 aromatic heterocycles. The lowest BCUT2D eigenvalue weighted by Crippen LogP contribution is -1.71. The van der Waals surface area contributed by atoms with Crippen LogP contribution in [0.15, 0.2) is 36.1 Å². The summed E-state index contributed by atoms with van der Waals surface area (Å²) in [5.74, 6) is 1.34. The van der Waals surface area contributed by atoms with Crippen molar-refractivity contribution in [3.8, 4) is 0 Å². The van der Waals surface area contributed by atoms with Gasteiger partial charge in [0, 0.05) is 0 Å². The molecule has 0 atom stereocenters. The maximum atomic E-state index is 8.95. The van der Waals surface area contributed by atoms with Gasteiger partial charge in [0.25, 0.3) is 0 Å². The fourth-order valence-electron chi connectivity index (χ4n) is 0.770. The molecule has 0 spiro atoms. The van der Waals surface area contributed by atoms with E-state index >= 15 is 0 Å². The van der Waals surface area contributed by atoms with Crippen LogP contribution in [0.25, 0.3) is 6.08 Å². The van der Waals surface area contributed by atoms with Crippen molar-refractivity contribution >= 4 is 19.7 Å². The first-order valence-electron chi connectivity index (χ1n) is 3.51. The molecule has 0 radical (unpaired) electrons. The molecule has 2 nitrogen and oxygen atoms in total. The Morgan fingerprint density at radius 3 is 2.25 bits per heavy atom. The minimum atomic E-state index is -3.01. The third-order valence-electron chi connectivity index (χ3n) is 1.31. The van der Waals surface area contributed by atoms with Gasteiger partial charge < -0.3 is 9.79 Å². The summed E-state index contributed by atoms with van der Waals surface area (Å²) in [6.45, 7) is 0. The van der Waals surface area contributed by atoms with Gasteiger partial charge in [-0.1, -0.05) is 36.4 Å². The topological polar surface area (TPSA) is 40.5 Å².